The van der Waals surface area contributed by atoms with Gasteiger partial charge in [-0.2, -0.15) is 26.3 Å². The minimum atomic E-state index is -5.06. The molecule has 4 rings (SSSR count). The van der Waals surface area contributed by atoms with Crippen LogP contribution >= 0.6 is 0 Å². The molecule has 16 heteroatoms. The van der Waals surface area contributed by atoms with Crippen LogP contribution in [0.2, 0.25) is 0 Å². The van der Waals surface area contributed by atoms with Gasteiger partial charge in [0.25, 0.3) is 0 Å². The van der Waals surface area contributed by atoms with E-state index in [9.17, 15) is 39.2 Å². The first-order chi connectivity index (χ1) is 19.7. The zero-order chi connectivity index (χ0) is 30.5. The van der Waals surface area contributed by atoms with Crippen LogP contribution in [0.5, 0.6) is 11.8 Å². The average molecular weight is 617 g/mol. The molecular formula is C26H19F7N4O4S. The molecule has 0 amide bonds. The molecule has 0 fully saturated rings. The molecular weight excluding hydrogens is 597 g/mol. The van der Waals surface area contributed by atoms with Gasteiger partial charge in [0.05, 0.1) is 5.56 Å². The number of sulfonamides is 1. The average Bonchev–Trinajstić information content (AvgIpc) is 2.90. The normalized spacial score (nSPS) is 12.2. The molecule has 222 valence electrons. The van der Waals surface area contributed by atoms with Gasteiger partial charge in [0.2, 0.25) is 21.8 Å². The molecule has 4 aromatic rings. The molecule has 0 aliphatic heterocycles. The van der Waals surface area contributed by atoms with E-state index in [1.54, 1.807) is 16.9 Å². The quantitative estimate of drug-likeness (QED) is 0.213. The summed E-state index contributed by atoms with van der Waals surface area (Å²) in [5.74, 6) is -3.76. The van der Waals surface area contributed by atoms with Gasteiger partial charge in [-0.1, -0.05) is 18.2 Å². The Bertz CT molecular complexity index is 1650. The van der Waals surface area contributed by atoms with Crippen LogP contribution in [0.1, 0.15) is 16.7 Å². The lowest BCUT2D eigenvalue weighted by molar-refractivity contribution is -0.137. The van der Waals surface area contributed by atoms with Gasteiger partial charge in [0.15, 0.2) is 5.75 Å². The summed E-state index contributed by atoms with van der Waals surface area (Å²) in [6, 6.07) is 10.6. The van der Waals surface area contributed by atoms with E-state index in [-0.39, 0.29) is 30.2 Å². The van der Waals surface area contributed by atoms with E-state index >= 15 is 0 Å². The van der Waals surface area contributed by atoms with Crippen molar-refractivity contribution >= 4 is 15.7 Å². The van der Waals surface area contributed by atoms with Crippen LogP contribution in [0.3, 0.4) is 0 Å². The van der Waals surface area contributed by atoms with E-state index in [1.165, 1.54) is 24.5 Å². The Morgan fingerprint density at radius 2 is 1.60 bits per heavy atom. The summed E-state index contributed by atoms with van der Waals surface area (Å²) in [7, 11) is -4.99. The van der Waals surface area contributed by atoms with Crippen molar-refractivity contribution in [3.8, 4) is 23.0 Å². The van der Waals surface area contributed by atoms with Crippen molar-refractivity contribution in [3.63, 3.8) is 0 Å². The molecule has 0 spiro atoms. The Labute approximate surface area is 234 Å². The summed E-state index contributed by atoms with van der Waals surface area (Å²) in [4.78, 5) is 11.8. The SMILES string of the molecule is O=S(=O)(CC(F)(F)F)Nc1cc(-c2nc(OCc3cccc(C(F)(F)F)c3)ccc2F)cnc1OCc1cccnc1. The lowest BCUT2D eigenvalue weighted by atomic mass is 10.1. The second kappa shape index (κ2) is 12.2. The third kappa shape index (κ3) is 8.52. The van der Waals surface area contributed by atoms with Gasteiger partial charge in [0.1, 0.15) is 30.4 Å². The number of rotatable bonds is 10. The van der Waals surface area contributed by atoms with Gasteiger partial charge < -0.3 is 9.47 Å². The fourth-order valence-corrected chi connectivity index (χ4v) is 4.51. The number of hydrogen-bond acceptors (Lipinski definition) is 7. The van der Waals surface area contributed by atoms with Crippen LogP contribution in [0, 0.1) is 5.82 Å². The van der Waals surface area contributed by atoms with E-state index in [4.69, 9.17) is 9.47 Å². The molecule has 0 aliphatic rings. The van der Waals surface area contributed by atoms with Gasteiger partial charge in [0, 0.05) is 35.8 Å². The summed E-state index contributed by atoms with van der Waals surface area (Å²) in [5, 5.41) is 0. The van der Waals surface area contributed by atoms with Crippen molar-refractivity contribution in [2.24, 2.45) is 0 Å². The molecule has 8 nitrogen and oxygen atoms in total. The van der Waals surface area contributed by atoms with E-state index in [2.05, 4.69) is 15.0 Å². The van der Waals surface area contributed by atoms with Crippen molar-refractivity contribution in [1.82, 2.24) is 15.0 Å². The monoisotopic (exact) mass is 616 g/mol. The third-order valence-electron chi connectivity index (χ3n) is 5.30. The standard InChI is InChI=1S/C26H19F7N4O4S/c27-20-6-7-22(40-13-16-3-1-5-19(9-16)26(31,32)33)36-23(20)18-10-21(37-42(38,39)15-25(28,29)30)24(35-12-18)41-14-17-4-2-8-34-11-17/h1-12,37H,13-15H2. The third-order valence-corrected chi connectivity index (χ3v) is 6.54. The number of nitrogens with zero attached hydrogens (tertiary/aromatic N) is 3. The highest BCUT2D eigenvalue weighted by molar-refractivity contribution is 7.92. The largest absolute Gasteiger partial charge is 0.473 e. The summed E-state index contributed by atoms with van der Waals surface area (Å²) in [6.45, 7) is -0.538. The number of pyridine rings is 3. The predicted octanol–water partition coefficient (Wildman–Crippen LogP) is 6.16. The fraction of sp³-hybridized carbons (Fsp3) is 0.192. The maximum absolute atomic E-state index is 14.8. The first kappa shape index (κ1) is 30.5. The number of benzene rings is 1. The Morgan fingerprint density at radius 1 is 0.857 bits per heavy atom. The summed E-state index contributed by atoms with van der Waals surface area (Å²) in [5.41, 5.74) is -1.35. The number of anilines is 1. The highest BCUT2D eigenvalue weighted by atomic mass is 32.2. The zero-order valence-corrected chi connectivity index (χ0v) is 21.9. The van der Waals surface area contributed by atoms with Crippen molar-refractivity contribution in [3.05, 3.63) is 95.7 Å². The highest BCUT2D eigenvalue weighted by Crippen LogP contribution is 2.33. The number of aromatic nitrogens is 3. The first-order valence-electron chi connectivity index (χ1n) is 11.7. The molecule has 0 radical (unpaired) electrons. The minimum Gasteiger partial charge on any atom is -0.473 e. The maximum Gasteiger partial charge on any atom is 0.416 e. The maximum atomic E-state index is 14.8. The lowest BCUT2D eigenvalue weighted by Crippen LogP contribution is -2.28. The molecule has 42 heavy (non-hydrogen) atoms. The summed E-state index contributed by atoms with van der Waals surface area (Å²) in [6.07, 6.45) is -5.66. The molecule has 0 saturated carbocycles. The molecule has 0 unspecified atom stereocenters. The Hall–Kier alpha value is -4.47. The number of ether oxygens (including phenoxy) is 2. The van der Waals surface area contributed by atoms with Crippen molar-refractivity contribution in [1.29, 1.82) is 0 Å². The van der Waals surface area contributed by atoms with Crippen molar-refractivity contribution in [2.75, 3.05) is 10.5 Å². The molecule has 1 N–H and O–H groups in total. The smallest absolute Gasteiger partial charge is 0.416 e. The van der Waals surface area contributed by atoms with Gasteiger partial charge in [-0.05, 0) is 35.9 Å². The predicted molar refractivity (Wildman–Crippen MR) is 135 cm³/mol. The Balaban J connectivity index is 1.62. The van der Waals surface area contributed by atoms with Crippen LogP contribution in [0.15, 0.2) is 73.2 Å². The van der Waals surface area contributed by atoms with E-state index < -0.39 is 56.8 Å². The molecule has 0 aliphatic carbocycles. The topological polar surface area (TPSA) is 103 Å². The second-order valence-corrected chi connectivity index (χ2v) is 10.4. The molecule has 0 bridgehead atoms. The number of nitrogens with one attached hydrogen (secondary N) is 1. The van der Waals surface area contributed by atoms with Crippen molar-refractivity contribution in [2.45, 2.75) is 25.6 Å². The van der Waals surface area contributed by atoms with Crippen LogP contribution in [0.25, 0.3) is 11.3 Å². The molecule has 3 heterocycles. The van der Waals surface area contributed by atoms with Crippen LogP contribution < -0.4 is 14.2 Å². The molecule has 3 aromatic heterocycles. The molecule has 0 atom stereocenters. The van der Waals surface area contributed by atoms with Gasteiger partial charge in [-0.25, -0.2) is 22.8 Å². The van der Waals surface area contributed by atoms with Crippen LogP contribution in [-0.4, -0.2) is 35.3 Å². The van der Waals surface area contributed by atoms with Gasteiger partial charge in [-0.3, -0.25) is 9.71 Å². The highest BCUT2D eigenvalue weighted by Gasteiger charge is 2.36. The lowest BCUT2D eigenvalue weighted by Gasteiger charge is -2.15. The van der Waals surface area contributed by atoms with Crippen LogP contribution in [-0.2, 0) is 29.4 Å². The second-order valence-electron chi connectivity index (χ2n) is 8.67. The number of hydrogen-bond donors (Lipinski definition) is 1. The Morgan fingerprint density at radius 3 is 2.29 bits per heavy atom. The minimum absolute atomic E-state index is 0.149. The molecule has 1 aromatic carbocycles. The van der Waals surface area contributed by atoms with Gasteiger partial charge >= 0.3 is 12.4 Å². The molecule has 0 saturated heterocycles. The first-order valence-corrected chi connectivity index (χ1v) is 13.4. The number of halogens is 7. The Kier molecular flexibility index (Phi) is 8.84. The van der Waals surface area contributed by atoms with Gasteiger partial charge in [-0.15, -0.1) is 0 Å². The van der Waals surface area contributed by atoms with E-state index in [0.29, 0.717) is 5.56 Å². The number of alkyl halides is 6. The van der Waals surface area contributed by atoms with Crippen LogP contribution in [0.4, 0.5) is 36.4 Å². The zero-order valence-electron chi connectivity index (χ0n) is 21.1. The summed E-state index contributed by atoms with van der Waals surface area (Å²) >= 11 is 0. The van der Waals surface area contributed by atoms with E-state index in [0.717, 1.165) is 36.5 Å². The van der Waals surface area contributed by atoms with Crippen molar-refractivity contribution < 1.29 is 48.6 Å². The fourth-order valence-electron chi connectivity index (χ4n) is 3.53. The van der Waals surface area contributed by atoms with E-state index in [1.807, 2.05) is 0 Å². The summed E-state index contributed by atoms with van der Waals surface area (Å²) < 4.78 is 129.